The Morgan fingerprint density at radius 1 is 0.800 bits per heavy atom. The molecule has 2 aliphatic heterocycles. The van der Waals surface area contributed by atoms with Gasteiger partial charge in [0.25, 0.3) is 0 Å². The van der Waals surface area contributed by atoms with Crippen LogP contribution in [0, 0.1) is 6.92 Å². The van der Waals surface area contributed by atoms with Crippen LogP contribution >= 0.6 is 23.2 Å². The van der Waals surface area contributed by atoms with Gasteiger partial charge in [0, 0.05) is 53.3 Å². The highest BCUT2D eigenvalue weighted by Gasteiger charge is 2.25. The van der Waals surface area contributed by atoms with Crippen molar-refractivity contribution in [3.05, 3.63) is 93.1 Å². The van der Waals surface area contributed by atoms with Crippen LogP contribution in [-0.2, 0) is 17.9 Å². The van der Waals surface area contributed by atoms with E-state index in [9.17, 15) is 4.79 Å². The molecule has 3 aromatic carbocycles. The van der Waals surface area contributed by atoms with Gasteiger partial charge in [-0.25, -0.2) is 0 Å². The van der Waals surface area contributed by atoms with Crippen molar-refractivity contribution >= 4 is 52.2 Å². The van der Waals surface area contributed by atoms with E-state index in [-0.39, 0.29) is 0 Å². The first-order valence-electron chi connectivity index (χ1n) is 12.0. The average molecular weight is 506 g/mol. The summed E-state index contributed by atoms with van der Waals surface area (Å²) in [6.07, 6.45) is 5.90. The Labute approximate surface area is 217 Å². The predicted octanol–water partition coefficient (Wildman–Crippen LogP) is 7.66. The Kier molecular flexibility index (Phi) is 6.77. The van der Waals surface area contributed by atoms with Gasteiger partial charge in [0.15, 0.2) is 0 Å². The van der Waals surface area contributed by atoms with E-state index >= 15 is 0 Å². The Morgan fingerprint density at radius 2 is 1.49 bits per heavy atom. The number of aldehydes is 1. The molecule has 0 radical (unpaired) electrons. The standard InChI is InChI=1S/C29H29Cl2N3O/c1-20-6-9-28(33-12-4-3-5-21(16-33)19-35)29(13-20)34-18-23-15-24(30)7-10-26(23)32(2)17-22-14-25(31)8-11-27(22)34/h6-11,13-16,19H,3-5,12,17-18H2,1-2H3. The van der Waals surface area contributed by atoms with Crippen LogP contribution in [0.1, 0.15) is 36.0 Å². The summed E-state index contributed by atoms with van der Waals surface area (Å²) in [5, 5.41) is 1.45. The molecule has 0 unspecified atom stereocenters. The highest BCUT2D eigenvalue weighted by atomic mass is 35.5. The van der Waals surface area contributed by atoms with Crippen LogP contribution in [-0.4, -0.2) is 19.9 Å². The van der Waals surface area contributed by atoms with Gasteiger partial charge in [-0.3, -0.25) is 4.79 Å². The molecule has 0 aromatic heterocycles. The molecule has 35 heavy (non-hydrogen) atoms. The first kappa shape index (κ1) is 23.8. The molecule has 0 bridgehead atoms. The summed E-state index contributed by atoms with van der Waals surface area (Å²) in [4.78, 5) is 18.5. The zero-order chi connectivity index (χ0) is 24.5. The number of hydrogen-bond acceptors (Lipinski definition) is 4. The number of rotatable bonds is 3. The first-order chi connectivity index (χ1) is 16.9. The lowest BCUT2D eigenvalue weighted by molar-refractivity contribution is -0.105. The number of benzene rings is 3. The Balaban J connectivity index is 1.71. The van der Waals surface area contributed by atoms with Crippen LogP contribution < -0.4 is 14.7 Å². The second-order valence-corrected chi connectivity index (χ2v) is 10.3. The molecule has 4 nitrogen and oxygen atoms in total. The zero-order valence-electron chi connectivity index (χ0n) is 20.1. The van der Waals surface area contributed by atoms with Crippen molar-refractivity contribution in [3.63, 3.8) is 0 Å². The van der Waals surface area contributed by atoms with Gasteiger partial charge in [-0.2, -0.15) is 0 Å². The van der Waals surface area contributed by atoms with Gasteiger partial charge in [0.05, 0.1) is 17.9 Å². The third-order valence-corrected chi connectivity index (χ3v) is 7.31. The highest BCUT2D eigenvalue weighted by molar-refractivity contribution is 6.31. The molecule has 0 fully saturated rings. The fourth-order valence-corrected chi connectivity index (χ4v) is 5.51. The summed E-state index contributed by atoms with van der Waals surface area (Å²) in [6.45, 7) is 4.37. The van der Waals surface area contributed by atoms with Crippen molar-refractivity contribution in [3.8, 4) is 0 Å². The van der Waals surface area contributed by atoms with E-state index in [0.29, 0.717) is 6.54 Å². The van der Waals surface area contributed by atoms with Gasteiger partial charge in [-0.1, -0.05) is 29.3 Å². The molecule has 6 heteroatoms. The topological polar surface area (TPSA) is 26.8 Å². The number of fused-ring (bicyclic) bond motifs is 2. The summed E-state index contributed by atoms with van der Waals surface area (Å²) in [6, 6.07) is 18.8. The molecular formula is C29H29Cl2N3O. The molecular weight excluding hydrogens is 477 g/mol. The summed E-state index contributed by atoms with van der Waals surface area (Å²) in [5.41, 5.74) is 8.81. The number of halogens is 2. The predicted molar refractivity (Wildman–Crippen MR) is 147 cm³/mol. The Bertz CT molecular complexity index is 1300. The van der Waals surface area contributed by atoms with E-state index in [2.05, 4.69) is 71.1 Å². The molecule has 180 valence electrons. The second-order valence-electron chi connectivity index (χ2n) is 9.45. The fraction of sp³-hybridized carbons (Fsp3) is 0.276. The minimum atomic E-state index is 0.656. The third kappa shape index (κ3) is 4.91. The lowest BCUT2D eigenvalue weighted by Crippen LogP contribution is -2.28. The average Bonchev–Trinajstić information content (AvgIpc) is 3.08. The van der Waals surface area contributed by atoms with Crippen molar-refractivity contribution in [2.24, 2.45) is 0 Å². The first-order valence-corrected chi connectivity index (χ1v) is 12.8. The van der Waals surface area contributed by atoms with Crippen molar-refractivity contribution in [1.82, 2.24) is 0 Å². The van der Waals surface area contributed by atoms with E-state index in [1.54, 1.807) is 0 Å². The Morgan fingerprint density at radius 3 is 2.23 bits per heavy atom. The zero-order valence-corrected chi connectivity index (χ0v) is 21.6. The van der Waals surface area contributed by atoms with Crippen molar-refractivity contribution in [2.45, 2.75) is 39.3 Å². The molecule has 3 aromatic rings. The summed E-state index contributed by atoms with van der Waals surface area (Å²) in [5.74, 6) is 0. The molecule has 0 N–H and O–H groups in total. The molecule has 5 rings (SSSR count). The van der Waals surface area contributed by atoms with Crippen molar-refractivity contribution < 1.29 is 4.79 Å². The molecule has 0 spiro atoms. The highest BCUT2D eigenvalue weighted by Crippen LogP contribution is 2.42. The molecule has 0 atom stereocenters. The Hall–Kier alpha value is -2.95. The van der Waals surface area contributed by atoms with Gasteiger partial charge in [0.1, 0.15) is 6.29 Å². The number of nitrogens with zero attached hydrogens (tertiary/aromatic N) is 3. The molecule has 2 aliphatic rings. The largest absolute Gasteiger partial charge is 0.370 e. The lowest BCUT2D eigenvalue weighted by atomic mass is 10.0. The molecule has 0 amide bonds. The van der Waals surface area contributed by atoms with Crippen LogP contribution in [0.5, 0.6) is 0 Å². The maximum absolute atomic E-state index is 11.7. The number of carbonyl (C=O) groups excluding carboxylic acids is 1. The summed E-state index contributed by atoms with van der Waals surface area (Å²) in [7, 11) is 2.11. The van der Waals surface area contributed by atoms with Gasteiger partial charge < -0.3 is 14.7 Å². The maximum Gasteiger partial charge on any atom is 0.147 e. The van der Waals surface area contributed by atoms with Crippen LogP contribution in [0.15, 0.2) is 66.4 Å². The SMILES string of the molecule is Cc1ccc(N2C=C(C=O)CCCC2)c(N2Cc3cc(Cl)ccc3N(C)Cc3cc(Cl)ccc32)c1. The molecule has 0 saturated heterocycles. The van der Waals surface area contributed by atoms with Crippen LogP contribution in [0.25, 0.3) is 0 Å². The number of hydrogen-bond donors (Lipinski definition) is 0. The lowest BCUT2D eigenvalue weighted by Gasteiger charge is -2.36. The van der Waals surface area contributed by atoms with E-state index in [1.165, 1.54) is 5.56 Å². The van der Waals surface area contributed by atoms with Gasteiger partial charge >= 0.3 is 0 Å². The number of carbonyl (C=O) groups is 1. The van der Waals surface area contributed by atoms with E-state index < -0.39 is 0 Å². The van der Waals surface area contributed by atoms with Gasteiger partial charge in [-0.15, -0.1) is 0 Å². The number of allylic oxidation sites excluding steroid dienone is 1. The monoisotopic (exact) mass is 505 g/mol. The van der Waals surface area contributed by atoms with Crippen molar-refractivity contribution in [1.29, 1.82) is 0 Å². The maximum atomic E-state index is 11.7. The smallest absolute Gasteiger partial charge is 0.147 e. The molecule has 2 heterocycles. The van der Waals surface area contributed by atoms with Gasteiger partial charge in [0.2, 0.25) is 0 Å². The van der Waals surface area contributed by atoms with Crippen LogP contribution in [0.2, 0.25) is 10.0 Å². The van der Waals surface area contributed by atoms with E-state index in [1.807, 2.05) is 18.3 Å². The van der Waals surface area contributed by atoms with Crippen molar-refractivity contribution in [2.75, 3.05) is 28.3 Å². The number of aryl methyl sites for hydroxylation is 1. The second kappa shape index (κ2) is 9.96. The van der Waals surface area contributed by atoms with Crippen LogP contribution in [0.4, 0.5) is 22.7 Å². The summed E-state index contributed by atoms with van der Waals surface area (Å²) >= 11 is 12.9. The van der Waals surface area contributed by atoms with E-state index in [4.69, 9.17) is 23.2 Å². The van der Waals surface area contributed by atoms with Gasteiger partial charge in [-0.05, 0) is 91.4 Å². The van der Waals surface area contributed by atoms with Crippen LogP contribution in [0.3, 0.4) is 0 Å². The minimum absolute atomic E-state index is 0.656. The summed E-state index contributed by atoms with van der Waals surface area (Å²) < 4.78 is 0. The van der Waals surface area contributed by atoms with E-state index in [0.717, 1.165) is 88.1 Å². The third-order valence-electron chi connectivity index (χ3n) is 6.84. The number of anilines is 4. The fourth-order valence-electron chi connectivity index (χ4n) is 5.12. The quantitative estimate of drug-likeness (QED) is 0.341. The molecule has 0 saturated carbocycles. The molecule has 0 aliphatic carbocycles. The minimum Gasteiger partial charge on any atom is -0.370 e. The normalized spacial score (nSPS) is 16.0.